The molecule has 2 N–H and O–H groups in total. The molecule has 128 valence electrons. The van der Waals surface area contributed by atoms with Crippen LogP contribution < -0.4 is 10.2 Å². The van der Waals surface area contributed by atoms with E-state index in [0.29, 0.717) is 6.04 Å². The molecule has 0 amide bonds. The highest BCUT2D eigenvalue weighted by atomic mass is 19.1. The Labute approximate surface area is 143 Å². The molecule has 3 rings (SSSR count). The van der Waals surface area contributed by atoms with Crippen LogP contribution in [-0.2, 0) is 13.2 Å². The number of aliphatic hydroxyl groups excluding tert-OH is 1. The maximum Gasteiger partial charge on any atom is 0.123 e. The third-order valence-corrected chi connectivity index (χ3v) is 4.79. The molecule has 24 heavy (non-hydrogen) atoms. The number of nitrogens with one attached hydrogen (secondary N) is 1. The predicted molar refractivity (Wildman–Crippen MR) is 95.6 cm³/mol. The Morgan fingerprint density at radius 2 is 1.75 bits per heavy atom. The number of aliphatic hydroxyl groups is 1. The van der Waals surface area contributed by atoms with Gasteiger partial charge in [0.15, 0.2) is 0 Å². The monoisotopic (exact) mass is 328 g/mol. The fraction of sp³-hybridized carbons (Fsp3) is 0.400. The molecule has 1 aliphatic rings. The van der Waals surface area contributed by atoms with Crippen LogP contribution in [0.2, 0.25) is 0 Å². The van der Waals surface area contributed by atoms with Gasteiger partial charge in [-0.2, -0.15) is 0 Å². The van der Waals surface area contributed by atoms with E-state index in [-0.39, 0.29) is 12.4 Å². The molecule has 3 nitrogen and oxygen atoms in total. The van der Waals surface area contributed by atoms with E-state index in [4.69, 9.17) is 5.11 Å². The summed E-state index contributed by atoms with van der Waals surface area (Å²) >= 11 is 0. The van der Waals surface area contributed by atoms with E-state index >= 15 is 0 Å². The van der Waals surface area contributed by atoms with Crippen LogP contribution in [0.3, 0.4) is 0 Å². The predicted octanol–water partition coefficient (Wildman–Crippen LogP) is 3.39. The molecule has 1 saturated heterocycles. The lowest BCUT2D eigenvalue weighted by Crippen LogP contribution is -2.42. The Balaban J connectivity index is 1.49. The van der Waals surface area contributed by atoms with Crippen LogP contribution in [0.15, 0.2) is 42.5 Å². The minimum absolute atomic E-state index is 0.0922. The molecule has 0 radical (unpaired) electrons. The Hall–Kier alpha value is -1.91. The van der Waals surface area contributed by atoms with E-state index in [2.05, 4.69) is 22.3 Å². The lowest BCUT2D eigenvalue weighted by Gasteiger charge is -2.35. The molecule has 0 aromatic heterocycles. The number of benzene rings is 2. The summed E-state index contributed by atoms with van der Waals surface area (Å²) in [7, 11) is 0. The highest BCUT2D eigenvalue weighted by molar-refractivity contribution is 5.53. The van der Waals surface area contributed by atoms with E-state index < -0.39 is 0 Å². The van der Waals surface area contributed by atoms with Gasteiger partial charge in [-0.3, -0.25) is 0 Å². The lowest BCUT2D eigenvalue weighted by atomic mass is 10.0. The van der Waals surface area contributed by atoms with Crippen LogP contribution in [0.5, 0.6) is 0 Å². The zero-order chi connectivity index (χ0) is 16.9. The van der Waals surface area contributed by atoms with E-state index in [9.17, 15) is 4.39 Å². The van der Waals surface area contributed by atoms with Gasteiger partial charge in [-0.25, -0.2) is 4.39 Å². The second-order valence-corrected chi connectivity index (χ2v) is 6.55. The van der Waals surface area contributed by atoms with Gasteiger partial charge in [-0.15, -0.1) is 0 Å². The number of aryl methyl sites for hydroxylation is 1. The van der Waals surface area contributed by atoms with Crippen molar-refractivity contribution < 1.29 is 9.50 Å². The van der Waals surface area contributed by atoms with Crippen molar-refractivity contribution in [3.05, 3.63) is 65.0 Å². The Morgan fingerprint density at radius 1 is 1.08 bits per heavy atom. The van der Waals surface area contributed by atoms with Gasteiger partial charge in [0.2, 0.25) is 0 Å². The van der Waals surface area contributed by atoms with Gasteiger partial charge < -0.3 is 15.3 Å². The van der Waals surface area contributed by atoms with Crippen molar-refractivity contribution in [3.8, 4) is 0 Å². The molecule has 2 aromatic carbocycles. The fourth-order valence-corrected chi connectivity index (χ4v) is 3.32. The van der Waals surface area contributed by atoms with Crippen LogP contribution in [-0.4, -0.2) is 24.2 Å². The van der Waals surface area contributed by atoms with Crippen molar-refractivity contribution in [1.82, 2.24) is 5.32 Å². The Morgan fingerprint density at radius 3 is 2.38 bits per heavy atom. The van der Waals surface area contributed by atoms with Crippen LogP contribution in [0.4, 0.5) is 10.1 Å². The summed E-state index contributed by atoms with van der Waals surface area (Å²) in [5, 5.41) is 12.7. The number of hydrogen-bond acceptors (Lipinski definition) is 3. The highest BCUT2D eigenvalue weighted by Gasteiger charge is 2.20. The number of hydrogen-bond donors (Lipinski definition) is 2. The van der Waals surface area contributed by atoms with Crippen molar-refractivity contribution in [2.45, 2.75) is 39.0 Å². The summed E-state index contributed by atoms with van der Waals surface area (Å²) < 4.78 is 13.2. The van der Waals surface area contributed by atoms with Crippen molar-refractivity contribution in [2.24, 2.45) is 0 Å². The first-order chi connectivity index (χ1) is 11.7. The molecule has 0 unspecified atom stereocenters. The largest absolute Gasteiger partial charge is 0.392 e. The molecule has 0 saturated carbocycles. The summed E-state index contributed by atoms with van der Waals surface area (Å²) in [6.07, 6.45) is 2.18. The molecular formula is C20H25FN2O. The van der Waals surface area contributed by atoms with Gasteiger partial charge in [0.1, 0.15) is 5.82 Å². The minimum atomic E-state index is -0.167. The topological polar surface area (TPSA) is 35.5 Å². The summed E-state index contributed by atoms with van der Waals surface area (Å²) in [5.74, 6) is -0.167. The highest BCUT2D eigenvalue weighted by Crippen LogP contribution is 2.24. The molecule has 1 heterocycles. The van der Waals surface area contributed by atoms with E-state index in [1.54, 1.807) is 12.1 Å². The lowest BCUT2D eigenvalue weighted by molar-refractivity contribution is 0.282. The maximum atomic E-state index is 13.2. The van der Waals surface area contributed by atoms with Gasteiger partial charge in [0.05, 0.1) is 6.61 Å². The molecular weight excluding hydrogens is 303 g/mol. The molecule has 1 aliphatic heterocycles. The second kappa shape index (κ2) is 7.77. The number of rotatable bonds is 5. The number of piperidine rings is 1. The van der Waals surface area contributed by atoms with Crippen molar-refractivity contribution in [3.63, 3.8) is 0 Å². The second-order valence-electron chi connectivity index (χ2n) is 6.55. The third kappa shape index (κ3) is 4.13. The summed E-state index contributed by atoms with van der Waals surface area (Å²) in [6.45, 7) is 4.90. The van der Waals surface area contributed by atoms with Crippen LogP contribution >= 0.6 is 0 Å². The van der Waals surface area contributed by atoms with E-state index in [0.717, 1.165) is 49.3 Å². The molecule has 1 fully saturated rings. The smallest absolute Gasteiger partial charge is 0.123 e. The average molecular weight is 328 g/mol. The summed E-state index contributed by atoms with van der Waals surface area (Å²) in [5.41, 5.74) is 4.34. The number of nitrogens with zero attached hydrogens (tertiary/aromatic N) is 1. The molecule has 0 aliphatic carbocycles. The average Bonchev–Trinajstić information content (AvgIpc) is 2.61. The molecule has 0 spiro atoms. The molecule has 2 aromatic rings. The summed E-state index contributed by atoms with van der Waals surface area (Å²) in [6, 6.07) is 13.6. The first-order valence-corrected chi connectivity index (χ1v) is 8.59. The number of anilines is 1. The molecule has 0 bridgehead atoms. The quantitative estimate of drug-likeness (QED) is 0.883. The first kappa shape index (κ1) is 16.9. The van der Waals surface area contributed by atoms with Gasteiger partial charge >= 0.3 is 0 Å². The van der Waals surface area contributed by atoms with Crippen LogP contribution in [0, 0.1) is 12.7 Å². The van der Waals surface area contributed by atoms with Crippen molar-refractivity contribution in [2.75, 3.05) is 18.0 Å². The molecule has 4 heteroatoms. The SMILES string of the molecule is Cc1cc(F)ccc1N1CCC(NCc2ccc(CO)cc2)CC1. The normalized spacial score (nSPS) is 15.7. The van der Waals surface area contributed by atoms with E-state index in [1.807, 2.05) is 25.1 Å². The summed E-state index contributed by atoms with van der Waals surface area (Å²) in [4.78, 5) is 2.35. The zero-order valence-electron chi connectivity index (χ0n) is 14.1. The van der Waals surface area contributed by atoms with Gasteiger partial charge in [0.25, 0.3) is 0 Å². The van der Waals surface area contributed by atoms with Crippen LogP contribution in [0.25, 0.3) is 0 Å². The van der Waals surface area contributed by atoms with Crippen LogP contribution in [0.1, 0.15) is 29.5 Å². The van der Waals surface area contributed by atoms with Crippen molar-refractivity contribution in [1.29, 1.82) is 0 Å². The van der Waals surface area contributed by atoms with Gasteiger partial charge in [-0.1, -0.05) is 24.3 Å². The zero-order valence-corrected chi connectivity index (χ0v) is 14.1. The van der Waals surface area contributed by atoms with Gasteiger partial charge in [0, 0.05) is 31.4 Å². The standard InChI is InChI=1S/C20H25FN2O/c1-15-12-18(21)6-7-20(15)23-10-8-19(9-11-23)22-13-16-2-4-17(14-24)5-3-16/h2-7,12,19,22,24H,8-11,13-14H2,1H3. The van der Waals surface area contributed by atoms with Crippen molar-refractivity contribution >= 4 is 5.69 Å². The Kier molecular flexibility index (Phi) is 5.48. The first-order valence-electron chi connectivity index (χ1n) is 8.59. The minimum Gasteiger partial charge on any atom is -0.392 e. The van der Waals surface area contributed by atoms with Gasteiger partial charge in [-0.05, 0) is 54.7 Å². The Bertz CT molecular complexity index is 664. The van der Waals surface area contributed by atoms with E-state index in [1.165, 1.54) is 5.56 Å². The maximum absolute atomic E-state index is 13.2. The fourth-order valence-electron chi connectivity index (χ4n) is 3.32. The number of halogens is 1. The molecule has 0 atom stereocenters. The third-order valence-electron chi connectivity index (χ3n) is 4.79.